The van der Waals surface area contributed by atoms with Gasteiger partial charge in [0.25, 0.3) is 11.8 Å². The van der Waals surface area contributed by atoms with Gasteiger partial charge in [0.05, 0.1) is 165 Å². The number of carbonyl (C=O) groups excluding carboxylic acids is 4. The van der Waals surface area contributed by atoms with Crippen LogP contribution in [-0.2, 0) is 80.9 Å². The fraction of sp³-hybridized carbons (Fsp3) is 0.882. The Kier molecular flexibility index (Phi) is 34.8. The van der Waals surface area contributed by atoms with Crippen LogP contribution in [0.5, 0.6) is 0 Å². The van der Waals surface area contributed by atoms with Gasteiger partial charge in [0.2, 0.25) is 5.91 Å². The molecule has 19 heteroatoms. The highest BCUT2D eigenvalue weighted by Crippen LogP contribution is 2.12. The number of hydrogen-bond acceptors (Lipinski definition) is 17. The van der Waals surface area contributed by atoms with Crippen molar-refractivity contribution in [2.75, 3.05) is 165 Å². The van der Waals surface area contributed by atoms with Gasteiger partial charge in [-0.1, -0.05) is 6.92 Å². The van der Waals surface area contributed by atoms with E-state index in [1.165, 1.54) is 0 Å². The van der Waals surface area contributed by atoms with Gasteiger partial charge in [-0.05, 0) is 0 Å². The molecule has 1 heterocycles. The van der Waals surface area contributed by atoms with Crippen molar-refractivity contribution >= 4 is 23.7 Å². The molecule has 1 aliphatic heterocycles. The third-order valence-electron chi connectivity index (χ3n) is 6.63. The number of rotatable bonds is 41. The van der Waals surface area contributed by atoms with Crippen LogP contribution in [0.4, 0.5) is 0 Å². The van der Waals surface area contributed by atoms with E-state index in [1.807, 2.05) is 6.92 Å². The van der Waals surface area contributed by atoms with E-state index >= 15 is 0 Å². The summed E-state index contributed by atoms with van der Waals surface area (Å²) in [5.74, 6) is -1.71. The third-order valence-corrected chi connectivity index (χ3v) is 6.63. The number of nitrogens with one attached hydrogen (secondary N) is 1. The van der Waals surface area contributed by atoms with Crippen molar-refractivity contribution in [2.24, 2.45) is 0 Å². The van der Waals surface area contributed by atoms with Gasteiger partial charge in [0.1, 0.15) is 0 Å². The summed E-state index contributed by atoms with van der Waals surface area (Å²) in [6, 6.07) is 0. The second-order valence-electron chi connectivity index (χ2n) is 10.8. The molecular formula is C34H62N2O17. The Morgan fingerprint density at radius 1 is 0.453 bits per heavy atom. The van der Waals surface area contributed by atoms with E-state index in [-0.39, 0.29) is 38.4 Å². The van der Waals surface area contributed by atoms with Crippen molar-refractivity contribution in [1.29, 1.82) is 0 Å². The van der Waals surface area contributed by atoms with Gasteiger partial charge in [-0.2, -0.15) is 0 Å². The molecule has 0 unspecified atom stereocenters. The standard InChI is InChI=1S/C34H62N2O17/c1-2-31(37)35-6-8-42-10-12-44-14-16-46-18-20-48-22-24-50-26-28-52-30-29-51-27-25-49-23-21-47-19-17-45-15-13-43-11-9-41-7-5-34(40)53-36-32(38)3-4-33(36)39/h2-30H2,1H3,(H,35,37). The molecule has 19 nitrogen and oxygen atoms in total. The van der Waals surface area contributed by atoms with Gasteiger partial charge in [0.15, 0.2) is 0 Å². The second-order valence-corrected chi connectivity index (χ2v) is 10.8. The van der Waals surface area contributed by atoms with Gasteiger partial charge in [-0.25, -0.2) is 4.79 Å². The molecule has 310 valence electrons. The minimum Gasteiger partial charge on any atom is -0.378 e. The molecule has 0 atom stereocenters. The van der Waals surface area contributed by atoms with Crippen molar-refractivity contribution in [3.8, 4) is 0 Å². The largest absolute Gasteiger partial charge is 0.378 e. The number of hydroxylamine groups is 2. The van der Waals surface area contributed by atoms with Gasteiger partial charge in [-0.3, -0.25) is 14.4 Å². The summed E-state index contributed by atoms with van der Waals surface area (Å²) in [6.07, 6.45) is 0.510. The lowest BCUT2D eigenvalue weighted by Crippen LogP contribution is -2.32. The SMILES string of the molecule is CCC(=O)NCCOCCOCCOCCOCCOCCOCCOCCOCCOCCOCCOCCOCCC(=O)ON1C(=O)CCC1=O. The first kappa shape index (κ1) is 48.6. The van der Waals surface area contributed by atoms with Crippen molar-refractivity contribution < 1.29 is 80.9 Å². The maximum Gasteiger partial charge on any atom is 0.335 e. The van der Waals surface area contributed by atoms with E-state index in [4.69, 9.17) is 61.7 Å². The van der Waals surface area contributed by atoms with Crippen molar-refractivity contribution in [1.82, 2.24) is 10.4 Å². The van der Waals surface area contributed by atoms with Gasteiger partial charge in [0, 0.05) is 25.8 Å². The number of nitrogens with zero attached hydrogens (tertiary/aromatic N) is 1. The van der Waals surface area contributed by atoms with Crippen LogP contribution in [0.2, 0.25) is 0 Å². The molecule has 0 bridgehead atoms. The first-order valence-electron chi connectivity index (χ1n) is 18.3. The van der Waals surface area contributed by atoms with Crippen LogP contribution in [0.3, 0.4) is 0 Å². The predicted octanol–water partition coefficient (Wildman–Crippen LogP) is -0.291. The molecule has 53 heavy (non-hydrogen) atoms. The number of carbonyl (C=O) groups is 4. The monoisotopic (exact) mass is 770 g/mol. The van der Waals surface area contributed by atoms with E-state index in [1.54, 1.807) is 0 Å². The molecule has 1 aliphatic rings. The quantitative estimate of drug-likeness (QED) is 0.0627. The summed E-state index contributed by atoms with van der Waals surface area (Å²) in [7, 11) is 0. The molecule has 1 rings (SSSR count). The summed E-state index contributed by atoms with van der Waals surface area (Å²) >= 11 is 0. The molecule has 0 aromatic carbocycles. The lowest BCUT2D eigenvalue weighted by Gasteiger charge is -2.12. The molecule has 1 fully saturated rings. The number of hydrogen-bond donors (Lipinski definition) is 1. The molecule has 3 amide bonds. The van der Waals surface area contributed by atoms with Crippen molar-refractivity contribution in [3.63, 3.8) is 0 Å². The molecule has 1 saturated heterocycles. The molecule has 0 spiro atoms. The van der Waals surface area contributed by atoms with Crippen LogP contribution in [0.15, 0.2) is 0 Å². The van der Waals surface area contributed by atoms with E-state index in [2.05, 4.69) is 5.32 Å². The Bertz CT molecular complexity index is 885. The number of ether oxygens (including phenoxy) is 12. The lowest BCUT2D eigenvalue weighted by atomic mass is 10.4. The number of imide groups is 1. The average molecular weight is 771 g/mol. The Morgan fingerprint density at radius 3 is 1.00 bits per heavy atom. The topological polar surface area (TPSA) is 204 Å². The van der Waals surface area contributed by atoms with E-state index < -0.39 is 17.8 Å². The summed E-state index contributed by atoms with van der Waals surface area (Å²) in [5.41, 5.74) is 0. The van der Waals surface area contributed by atoms with Gasteiger partial charge >= 0.3 is 5.97 Å². The molecule has 0 saturated carbocycles. The number of amides is 3. The lowest BCUT2D eigenvalue weighted by molar-refractivity contribution is -0.198. The van der Waals surface area contributed by atoms with Crippen LogP contribution >= 0.6 is 0 Å². The van der Waals surface area contributed by atoms with Gasteiger partial charge in [-0.15, -0.1) is 5.06 Å². The highest BCUT2D eigenvalue weighted by molar-refractivity contribution is 6.01. The van der Waals surface area contributed by atoms with Crippen LogP contribution < -0.4 is 5.32 Å². The van der Waals surface area contributed by atoms with Crippen LogP contribution in [0.1, 0.15) is 32.6 Å². The zero-order chi connectivity index (χ0) is 38.3. The van der Waals surface area contributed by atoms with Crippen LogP contribution in [0.25, 0.3) is 0 Å². The first-order chi connectivity index (χ1) is 26.0. The third kappa shape index (κ3) is 32.7. The maximum absolute atomic E-state index is 11.7. The smallest absolute Gasteiger partial charge is 0.335 e. The Balaban J connectivity index is 1.64. The molecule has 0 aromatic heterocycles. The Labute approximate surface area is 312 Å². The minimum absolute atomic E-state index is 0.0180. The van der Waals surface area contributed by atoms with Crippen LogP contribution in [-0.4, -0.2) is 194 Å². The molecular weight excluding hydrogens is 708 g/mol. The summed E-state index contributed by atoms with van der Waals surface area (Å²) in [4.78, 5) is 50.3. The molecule has 0 aliphatic carbocycles. The Hall–Kier alpha value is -2.40. The normalized spacial score (nSPS) is 13.0. The Morgan fingerprint density at radius 2 is 0.717 bits per heavy atom. The summed E-state index contributed by atoms with van der Waals surface area (Å²) in [6.45, 7) is 12.8. The zero-order valence-electron chi connectivity index (χ0n) is 31.4. The van der Waals surface area contributed by atoms with E-state index in [0.717, 1.165) is 0 Å². The van der Waals surface area contributed by atoms with Crippen molar-refractivity contribution in [3.05, 3.63) is 0 Å². The fourth-order valence-electron chi connectivity index (χ4n) is 3.87. The summed E-state index contributed by atoms with van der Waals surface area (Å²) in [5, 5.41) is 3.26. The van der Waals surface area contributed by atoms with Crippen LogP contribution in [0, 0.1) is 0 Å². The minimum atomic E-state index is -0.702. The average Bonchev–Trinajstić information content (AvgIpc) is 3.47. The van der Waals surface area contributed by atoms with E-state index in [9.17, 15) is 19.2 Å². The second kappa shape index (κ2) is 37.9. The molecule has 0 radical (unpaired) electrons. The zero-order valence-corrected chi connectivity index (χ0v) is 31.4. The highest BCUT2D eigenvalue weighted by Gasteiger charge is 2.32. The first-order valence-corrected chi connectivity index (χ1v) is 18.3. The molecule has 0 aromatic rings. The summed E-state index contributed by atoms with van der Waals surface area (Å²) < 4.78 is 65.1. The predicted molar refractivity (Wildman–Crippen MR) is 185 cm³/mol. The van der Waals surface area contributed by atoms with E-state index in [0.29, 0.717) is 163 Å². The van der Waals surface area contributed by atoms with Gasteiger partial charge < -0.3 is 67.0 Å². The maximum atomic E-state index is 11.7. The molecule has 1 N–H and O–H groups in total. The highest BCUT2D eigenvalue weighted by atomic mass is 16.7. The fourth-order valence-corrected chi connectivity index (χ4v) is 3.87. The van der Waals surface area contributed by atoms with Crippen molar-refractivity contribution in [2.45, 2.75) is 32.6 Å².